The van der Waals surface area contributed by atoms with Crippen molar-refractivity contribution in [1.82, 2.24) is 4.98 Å². The van der Waals surface area contributed by atoms with Crippen LogP contribution in [0.15, 0.2) is 42.6 Å². The van der Waals surface area contributed by atoms with Crippen molar-refractivity contribution in [2.24, 2.45) is 17.8 Å². The molecule has 1 aliphatic carbocycles. The van der Waals surface area contributed by atoms with Crippen LogP contribution in [0.25, 0.3) is 0 Å². The minimum atomic E-state index is -4.79. The Morgan fingerprint density at radius 1 is 1.21 bits per heavy atom. The molecular formula is C21H19F3N2O3. The molecule has 1 amide bonds. The molecule has 1 saturated carbocycles. The molecule has 2 aliphatic heterocycles. The van der Waals surface area contributed by atoms with E-state index in [1.54, 1.807) is 12.3 Å². The van der Waals surface area contributed by atoms with Crippen molar-refractivity contribution in [3.05, 3.63) is 53.9 Å². The standard InChI is InChI=1S/C21H19F3N2O3/c1-10-7-11(5-6-25-10)16-17(19-15-9-14(15)18(16)28-19)20(27)26-12-3-2-4-13(8-12)29-21(22,23)24/h2-8,14-19H,9H2,1H3,(H,26,27)/t14-,15+,16+,17+,18-,19+/m0/s1. The fourth-order valence-electron chi connectivity index (χ4n) is 4.97. The van der Waals surface area contributed by atoms with Crippen molar-refractivity contribution < 1.29 is 27.4 Å². The number of aryl methyl sites for hydroxylation is 1. The summed E-state index contributed by atoms with van der Waals surface area (Å²) >= 11 is 0. The lowest BCUT2D eigenvalue weighted by molar-refractivity contribution is -0.274. The first kappa shape index (κ1) is 18.4. The normalized spacial score (nSPS) is 32.0. The van der Waals surface area contributed by atoms with Gasteiger partial charge in [0.15, 0.2) is 0 Å². The fraction of sp³-hybridized carbons (Fsp3) is 0.429. The Labute approximate surface area is 165 Å². The summed E-state index contributed by atoms with van der Waals surface area (Å²) in [6, 6.07) is 9.21. The molecule has 1 N–H and O–H groups in total. The van der Waals surface area contributed by atoms with Crippen molar-refractivity contribution in [1.29, 1.82) is 0 Å². The van der Waals surface area contributed by atoms with E-state index in [9.17, 15) is 18.0 Å². The number of nitrogens with one attached hydrogen (secondary N) is 1. The molecule has 0 radical (unpaired) electrons. The second kappa shape index (κ2) is 6.45. The predicted molar refractivity (Wildman–Crippen MR) is 97.2 cm³/mol. The predicted octanol–water partition coefficient (Wildman–Crippen LogP) is 4.04. The number of aromatic nitrogens is 1. The highest BCUT2D eigenvalue weighted by atomic mass is 19.4. The Kier molecular flexibility index (Phi) is 4.10. The monoisotopic (exact) mass is 404 g/mol. The number of hydrogen-bond acceptors (Lipinski definition) is 4. The zero-order chi connectivity index (χ0) is 20.3. The van der Waals surface area contributed by atoms with Crippen molar-refractivity contribution in [3.8, 4) is 5.75 Å². The molecule has 152 valence electrons. The number of halogens is 3. The highest BCUT2D eigenvalue weighted by Crippen LogP contribution is 2.65. The molecule has 5 nitrogen and oxygen atoms in total. The van der Waals surface area contributed by atoms with E-state index >= 15 is 0 Å². The first-order chi connectivity index (χ1) is 13.8. The number of hydrogen-bond donors (Lipinski definition) is 1. The summed E-state index contributed by atoms with van der Waals surface area (Å²) < 4.78 is 47.5. The van der Waals surface area contributed by atoms with Crippen LogP contribution in [-0.2, 0) is 9.53 Å². The Hall–Kier alpha value is -2.61. The van der Waals surface area contributed by atoms with Crippen molar-refractivity contribution in [2.45, 2.75) is 37.8 Å². The van der Waals surface area contributed by atoms with E-state index in [-0.39, 0.29) is 35.5 Å². The average molecular weight is 404 g/mol. The van der Waals surface area contributed by atoms with Crippen LogP contribution in [-0.4, -0.2) is 29.5 Å². The van der Waals surface area contributed by atoms with Crippen LogP contribution < -0.4 is 10.1 Å². The van der Waals surface area contributed by atoms with Gasteiger partial charge in [0.25, 0.3) is 0 Å². The molecule has 0 spiro atoms. The van der Waals surface area contributed by atoms with E-state index in [2.05, 4.69) is 15.0 Å². The molecule has 0 unspecified atom stereocenters. The number of pyridine rings is 1. The lowest BCUT2D eigenvalue weighted by atomic mass is 9.75. The van der Waals surface area contributed by atoms with E-state index in [0.29, 0.717) is 11.8 Å². The lowest BCUT2D eigenvalue weighted by Crippen LogP contribution is -2.37. The maximum absolute atomic E-state index is 13.2. The molecule has 3 aliphatic rings. The zero-order valence-corrected chi connectivity index (χ0v) is 15.5. The van der Waals surface area contributed by atoms with E-state index in [0.717, 1.165) is 17.7 Å². The third-order valence-corrected chi connectivity index (χ3v) is 6.09. The van der Waals surface area contributed by atoms with Gasteiger partial charge in [-0.2, -0.15) is 0 Å². The second-order valence-corrected chi connectivity index (χ2v) is 7.98. The summed E-state index contributed by atoms with van der Waals surface area (Å²) in [7, 11) is 0. The fourth-order valence-corrected chi connectivity index (χ4v) is 4.97. The number of carbonyl (C=O) groups is 1. The summed E-state index contributed by atoms with van der Waals surface area (Å²) in [6.45, 7) is 1.90. The smallest absolute Gasteiger partial charge is 0.406 e. The Balaban J connectivity index is 1.39. The van der Waals surface area contributed by atoms with Gasteiger partial charge in [0.05, 0.1) is 18.1 Å². The number of ether oxygens (including phenoxy) is 2. The van der Waals surface area contributed by atoms with E-state index in [1.165, 1.54) is 18.2 Å². The largest absolute Gasteiger partial charge is 0.573 e. The van der Waals surface area contributed by atoms with Gasteiger partial charge in [-0.1, -0.05) is 6.07 Å². The minimum absolute atomic E-state index is 0.00227. The minimum Gasteiger partial charge on any atom is -0.406 e. The van der Waals surface area contributed by atoms with Crippen LogP contribution in [0.3, 0.4) is 0 Å². The van der Waals surface area contributed by atoms with Gasteiger partial charge >= 0.3 is 6.36 Å². The molecule has 3 heterocycles. The third-order valence-electron chi connectivity index (χ3n) is 6.09. The van der Waals surface area contributed by atoms with Crippen molar-refractivity contribution in [2.75, 3.05) is 5.32 Å². The summed E-state index contributed by atoms with van der Waals surface area (Å²) in [5, 5.41) is 2.77. The lowest BCUT2D eigenvalue weighted by Gasteiger charge is -2.27. The molecule has 2 saturated heterocycles. The number of benzene rings is 1. The zero-order valence-electron chi connectivity index (χ0n) is 15.5. The molecule has 8 heteroatoms. The highest BCUT2D eigenvalue weighted by molar-refractivity contribution is 5.94. The number of carbonyl (C=O) groups excluding carboxylic acids is 1. The molecule has 1 aromatic carbocycles. The summed E-state index contributed by atoms with van der Waals surface area (Å²) in [5.74, 6) is -0.201. The number of fused-ring (bicyclic) bond motifs is 5. The van der Waals surface area contributed by atoms with Gasteiger partial charge in [-0.15, -0.1) is 13.2 Å². The Morgan fingerprint density at radius 2 is 2.00 bits per heavy atom. The second-order valence-electron chi connectivity index (χ2n) is 7.98. The van der Waals surface area contributed by atoms with Crippen molar-refractivity contribution >= 4 is 11.6 Å². The number of amides is 1. The molecule has 3 fully saturated rings. The molecular weight excluding hydrogens is 385 g/mol. The van der Waals surface area contributed by atoms with Crippen LogP contribution in [0.2, 0.25) is 0 Å². The van der Waals surface area contributed by atoms with Gasteiger partial charge in [-0.05, 0) is 55.0 Å². The van der Waals surface area contributed by atoms with Crippen molar-refractivity contribution in [3.63, 3.8) is 0 Å². The quantitative estimate of drug-likeness (QED) is 0.836. The maximum atomic E-state index is 13.2. The first-order valence-corrected chi connectivity index (χ1v) is 9.55. The molecule has 29 heavy (non-hydrogen) atoms. The molecule has 5 rings (SSSR count). The summed E-state index contributed by atoms with van der Waals surface area (Å²) in [4.78, 5) is 17.4. The number of anilines is 1. The first-order valence-electron chi connectivity index (χ1n) is 9.55. The topological polar surface area (TPSA) is 60.5 Å². The Bertz CT molecular complexity index is 964. The molecule has 2 bridgehead atoms. The Morgan fingerprint density at radius 3 is 2.76 bits per heavy atom. The van der Waals surface area contributed by atoms with E-state index < -0.39 is 12.3 Å². The number of rotatable bonds is 4. The van der Waals surface area contributed by atoms with Gasteiger partial charge in [-0.3, -0.25) is 9.78 Å². The number of alkyl halides is 3. The maximum Gasteiger partial charge on any atom is 0.573 e. The number of nitrogens with zero attached hydrogens (tertiary/aromatic N) is 1. The van der Waals surface area contributed by atoms with Gasteiger partial charge in [0.1, 0.15) is 5.75 Å². The van der Waals surface area contributed by atoms with Gasteiger partial charge < -0.3 is 14.8 Å². The van der Waals surface area contributed by atoms with E-state index in [4.69, 9.17) is 4.74 Å². The van der Waals surface area contributed by atoms with Gasteiger partial charge in [0, 0.05) is 29.6 Å². The van der Waals surface area contributed by atoms with Crippen LogP contribution in [0, 0.1) is 24.7 Å². The van der Waals surface area contributed by atoms with Gasteiger partial charge in [-0.25, -0.2) is 0 Å². The van der Waals surface area contributed by atoms with Gasteiger partial charge in [0.2, 0.25) is 5.91 Å². The van der Waals surface area contributed by atoms with Crippen LogP contribution in [0.5, 0.6) is 5.75 Å². The highest BCUT2D eigenvalue weighted by Gasteiger charge is 2.68. The average Bonchev–Trinajstić information content (AvgIpc) is 3.25. The molecule has 6 atom stereocenters. The molecule has 2 aromatic rings. The van der Waals surface area contributed by atoms with E-state index in [1.807, 2.05) is 19.1 Å². The summed E-state index contributed by atoms with van der Waals surface area (Å²) in [6.07, 6.45) is -2.14. The summed E-state index contributed by atoms with van der Waals surface area (Å²) in [5.41, 5.74) is 2.15. The van der Waals surface area contributed by atoms with Crippen LogP contribution >= 0.6 is 0 Å². The van der Waals surface area contributed by atoms with Crippen LogP contribution in [0.4, 0.5) is 18.9 Å². The SMILES string of the molecule is Cc1cc([C@H]2[C@H]3O[C@H]([C@@H]4C[C@@H]43)[C@@H]2C(=O)Nc2cccc(OC(F)(F)F)c2)ccn1. The molecule has 1 aromatic heterocycles. The third kappa shape index (κ3) is 3.35. The van der Waals surface area contributed by atoms with Crippen LogP contribution in [0.1, 0.15) is 23.6 Å².